The standard InChI is InChI=1S/C17H30N2O4/c1-13(20)17(16(22)8-6-5-7-9-16)12-18-10-11-19(17)14(21)23-15(2,3)4/h18,22H,5-12H2,1-4H3. The minimum absolute atomic E-state index is 0.181. The molecule has 0 radical (unpaired) electrons. The number of Topliss-reactive ketones (excluding diaryl/α,β-unsaturated/α-hetero) is 1. The van der Waals surface area contributed by atoms with E-state index in [-0.39, 0.29) is 12.3 Å². The van der Waals surface area contributed by atoms with Gasteiger partial charge >= 0.3 is 6.09 Å². The zero-order valence-electron chi connectivity index (χ0n) is 14.8. The molecule has 1 saturated carbocycles. The Labute approximate surface area is 138 Å². The molecule has 2 rings (SSSR count). The van der Waals surface area contributed by atoms with E-state index in [9.17, 15) is 14.7 Å². The van der Waals surface area contributed by atoms with Crippen molar-refractivity contribution in [1.29, 1.82) is 0 Å². The van der Waals surface area contributed by atoms with Crippen LogP contribution < -0.4 is 5.32 Å². The highest BCUT2D eigenvalue weighted by Crippen LogP contribution is 2.42. The van der Waals surface area contributed by atoms with Gasteiger partial charge in [0.1, 0.15) is 11.1 Å². The van der Waals surface area contributed by atoms with E-state index in [0.717, 1.165) is 19.3 Å². The number of ether oxygens (including phenoxy) is 1. The average Bonchev–Trinajstić information content (AvgIpc) is 2.45. The maximum Gasteiger partial charge on any atom is 0.411 e. The van der Waals surface area contributed by atoms with Crippen molar-refractivity contribution in [2.24, 2.45) is 0 Å². The molecule has 0 spiro atoms. The number of nitrogens with zero attached hydrogens (tertiary/aromatic N) is 1. The van der Waals surface area contributed by atoms with Crippen molar-refractivity contribution in [1.82, 2.24) is 10.2 Å². The van der Waals surface area contributed by atoms with E-state index in [2.05, 4.69) is 5.32 Å². The molecule has 6 heteroatoms. The predicted octanol–water partition coefficient (Wildman–Crippen LogP) is 1.85. The summed E-state index contributed by atoms with van der Waals surface area (Å²) in [5.74, 6) is -0.181. The Bertz CT molecular complexity index is 466. The number of nitrogens with one attached hydrogen (secondary N) is 1. The van der Waals surface area contributed by atoms with E-state index >= 15 is 0 Å². The van der Waals surface area contributed by atoms with Gasteiger partial charge in [0.15, 0.2) is 5.78 Å². The Hall–Kier alpha value is -1.14. The number of carbonyl (C=O) groups excluding carboxylic acids is 2. The molecule has 0 bridgehead atoms. The average molecular weight is 326 g/mol. The first-order valence-corrected chi connectivity index (χ1v) is 8.57. The Morgan fingerprint density at radius 3 is 2.30 bits per heavy atom. The van der Waals surface area contributed by atoms with E-state index in [1.54, 1.807) is 20.8 Å². The van der Waals surface area contributed by atoms with E-state index in [0.29, 0.717) is 25.9 Å². The van der Waals surface area contributed by atoms with Crippen molar-refractivity contribution in [3.05, 3.63) is 0 Å². The van der Waals surface area contributed by atoms with Gasteiger partial charge in [-0.05, 0) is 40.5 Å². The molecule has 1 aliphatic carbocycles. The lowest BCUT2D eigenvalue weighted by atomic mass is 9.67. The molecule has 1 aliphatic heterocycles. The number of rotatable bonds is 2. The number of piperazine rings is 1. The van der Waals surface area contributed by atoms with Gasteiger partial charge < -0.3 is 15.2 Å². The van der Waals surface area contributed by atoms with Crippen LogP contribution in [0.25, 0.3) is 0 Å². The fraction of sp³-hybridized carbons (Fsp3) is 0.882. The largest absolute Gasteiger partial charge is 0.444 e. The van der Waals surface area contributed by atoms with Crippen LogP contribution in [0.15, 0.2) is 0 Å². The van der Waals surface area contributed by atoms with Crippen LogP contribution in [-0.4, -0.2) is 58.3 Å². The smallest absolute Gasteiger partial charge is 0.411 e. The highest BCUT2D eigenvalue weighted by Gasteiger charge is 2.60. The molecule has 1 heterocycles. The molecule has 2 fully saturated rings. The molecular weight excluding hydrogens is 296 g/mol. The number of ketones is 1. The molecule has 1 unspecified atom stereocenters. The minimum Gasteiger partial charge on any atom is -0.444 e. The highest BCUT2D eigenvalue weighted by molar-refractivity contribution is 5.92. The number of carbonyl (C=O) groups is 2. The second-order valence-corrected chi connectivity index (χ2v) is 7.82. The van der Waals surface area contributed by atoms with Gasteiger partial charge in [-0.2, -0.15) is 0 Å². The Morgan fingerprint density at radius 1 is 1.17 bits per heavy atom. The van der Waals surface area contributed by atoms with Crippen LogP contribution >= 0.6 is 0 Å². The molecule has 2 N–H and O–H groups in total. The molecule has 1 amide bonds. The second-order valence-electron chi connectivity index (χ2n) is 7.82. The predicted molar refractivity (Wildman–Crippen MR) is 87.3 cm³/mol. The fourth-order valence-electron chi connectivity index (χ4n) is 3.92. The van der Waals surface area contributed by atoms with E-state index in [1.165, 1.54) is 11.8 Å². The summed E-state index contributed by atoms with van der Waals surface area (Å²) in [4.78, 5) is 26.9. The summed E-state index contributed by atoms with van der Waals surface area (Å²) in [7, 11) is 0. The van der Waals surface area contributed by atoms with Gasteiger partial charge in [0, 0.05) is 19.6 Å². The summed E-state index contributed by atoms with van der Waals surface area (Å²) in [6, 6.07) is 0. The zero-order valence-corrected chi connectivity index (χ0v) is 14.8. The van der Waals surface area contributed by atoms with Gasteiger partial charge in [-0.1, -0.05) is 19.3 Å². The number of amides is 1. The van der Waals surface area contributed by atoms with Crippen molar-refractivity contribution in [3.8, 4) is 0 Å². The maximum atomic E-state index is 12.7. The van der Waals surface area contributed by atoms with Gasteiger partial charge in [-0.25, -0.2) is 4.79 Å². The number of hydrogen-bond acceptors (Lipinski definition) is 5. The van der Waals surface area contributed by atoms with Crippen molar-refractivity contribution >= 4 is 11.9 Å². The number of aliphatic hydroxyl groups is 1. The molecule has 132 valence electrons. The summed E-state index contributed by atoms with van der Waals surface area (Å²) >= 11 is 0. The van der Waals surface area contributed by atoms with Crippen LogP contribution in [0.3, 0.4) is 0 Å². The van der Waals surface area contributed by atoms with E-state index in [1.807, 2.05) is 0 Å². The third-order valence-corrected chi connectivity index (χ3v) is 5.00. The molecular formula is C17H30N2O4. The second kappa shape index (κ2) is 6.40. The number of hydrogen-bond donors (Lipinski definition) is 2. The first-order valence-electron chi connectivity index (χ1n) is 8.57. The van der Waals surface area contributed by atoms with Crippen molar-refractivity contribution in [2.75, 3.05) is 19.6 Å². The fourth-order valence-corrected chi connectivity index (χ4v) is 3.92. The third-order valence-electron chi connectivity index (χ3n) is 5.00. The Morgan fingerprint density at radius 2 is 1.78 bits per heavy atom. The summed E-state index contributed by atoms with van der Waals surface area (Å²) in [6.45, 7) is 8.10. The summed E-state index contributed by atoms with van der Waals surface area (Å²) in [6.07, 6.45) is 3.34. The molecule has 6 nitrogen and oxygen atoms in total. The van der Waals surface area contributed by atoms with Crippen LogP contribution in [0.5, 0.6) is 0 Å². The van der Waals surface area contributed by atoms with Gasteiger partial charge in [-0.15, -0.1) is 0 Å². The Balaban J connectivity index is 2.40. The molecule has 1 saturated heterocycles. The first kappa shape index (κ1) is 18.2. The SMILES string of the molecule is CC(=O)C1(C2(O)CCCCC2)CNCCN1C(=O)OC(C)(C)C. The van der Waals surface area contributed by atoms with Crippen LogP contribution in [0.1, 0.15) is 59.8 Å². The first-order chi connectivity index (χ1) is 10.6. The third kappa shape index (κ3) is 3.38. The summed E-state index contributed by atoms with van der Waals surface area (Å²) in [5.41, 5.74) is -3.07. The van der Waals surface area contributed by atoms with Crippen molar-refractivity contribution in [3.63, 3.8) is 0 Å². The lowest BCUT2D eigenvalue weighted by Crippen LogP contribution is -2.76. The molecule has 2 aliphatic rings. The normalized spacial score (nSPS) is 28.3. The van der Waals surface area contributed by atoms with Crippen molar-refractivity contribution < 1.29 is 19.4 Å². The lowest BCUT2D eigenvalue weighted by Gasteiger charge is -2.55. The summed E-state index contributed by atoms with van der Waals surface area (Å²) in [5, 5.41) is 14.5. The highest BCUT2D eigenvalue weighted by atomic mass is 16.6. The molecule has 1 atom stereocenters. The maximum absolute atomic E-state index is 12.7. The van der Waals surface area contributed by atoms with Crippen LogP contribution in [-0.2, 0) is 9.53 Å². The summed E-state index contributed by atoms with van der Waals surface area (Å²) < 4.78 is 5.51. The topological polar surface area (TPSA) is 78.9 Å². The van der Waals surface area contributed by atoms with Gasteiger partial charge in [-0.3, -0.25) is 9.69 Å². The van der Waals surface area contributed by atoms with E-state index in [4.69, 9.17) is 4.74 Å². The van der Waals surface area contributed by atoms with Crippen LogP contribution in [0, 0.1) is 0 Å². The zero-order chi connectivity index (χ0) is 17.3. The molecule has 0 aromatic carbocycles. The monoisotopic (exact) mass is 326 g/mol. The lowest BCUT2D eigenvalue weighted by molar-refractivity contribution is -0.163. The molecule has 23 heavy (non-hydrogen) atoms. The van der Waals surface area contributed by atoms with Crippen LogP contribution in [0.4, 0.5) is 4.79 Å². The minimum atomic E-state index is -1.24. The van der Waals surface area contributed by atoms with Crippen LogP contribution in [0.2, 0.25) is 0 Å². The van der Waals surface area contributed by atoms with Crippen molar-refractivity contribution in [2.45, 2.75) is 76.5 Å². The van der Waals surface area contributed by atoms with E-state index < -0.39 is 22.8 Å². The Kier molecular flexibility index (Phi) is 5.06. The van der Waals surface area contributed by atoms with Gasteiger partial charge in [0.2, 0.25) is 0 Å². The van der Waals surface area contributed by atoms with Gasteiger partial charge in [0.05, 0.1) is 5.60 Å². The molecule has 0 aromatic heterocycles. The molecule has 0 aromatic rings. The quantitative estimate of drug-likeness (QED) is 0.809. The van der Waals surface area contributed by atoms with Gasteiger partial charge in [0.25, 0.3) is 0 Å².